The van der Waals surface area contributed by atoms with Crippen LogP contribution in [-0.4, -0.2) is 4.98 Å². The lowest BCUT2D eigenvalue weighted by molar-refractivity contribution is 0.576. The summed E-state index contributed by atoms with van der Waals surface area (Å²) in [7, 11) is 0. The summed E-state index contributed by atoms with van der Waals surface area (Å²) in [4.78, 5) is 3.73. The van der Waals surface area contributed by atoms with Crippen molar-refractivity contribution >= 4 is 0 Å². The molecule has 75 valence electrons. The molecule has 1 aromatic carbocycles. The van der Waals surface area contributed by atoms with E-state index in [1.165, 1.54) is 0 Å². The lowest BCUT2D eigenvalue weighted by Gasteiger charge is -2.02. The molecule has 2 aromatic rings. The van der Waals surface area contributed by atoms with Gasteiger partial charge in [-0.05, 0) is 24.6 Å². The Hall–Kier alpha value is -1.77. The summed E-state index contributed by atoms with van der Waals surface area (Å²) in [6.07, 6.45) is 1.00. The monoisotopic (exact) mass is 204 g/mol. The minimum atomic E-state index is -0.671. The van der Waals surface area contributed by atoms with E-state index in [9.17, 15) is 8.78 Å². The Kier molecular flexibility index (Phi) is 2.46. The van der Waals surface area contributed by atoms with E-state index in [1.807, 2.05) is 6.92 Å². The molecule has 0 bridgehead atoms. The van der Waals surface area contributed by atoms with Gasteiger partial charge in [-0.1, -0.05) is 12.1 Å². The van der Waals surface area contributed by atoms with Gasteiger partial charge in [-0.15, -0.1) is 0 Å². The second-order valence-electron chi connectivity index (χ2n) is 3.24. The Morgan fingerprint density at radius 3 is 2.73 bits per heavy atom. The second kappa shape index (κ2) is 3.77. The Morgan fingerprint density at radius 1 is 1.27 bits per heavy atom. The highest BCUT2D eigenvalue weighted by Crippen LogP contribution is 2.21. The average molecular weight is 204 g/mol. The molecule has 2 rings (SSSR count). The molecule has 0 amide bonds. The number of hydrogen-bond donors (Lipinski definition) is 0. The highest BCUT2D eigenvalue weighted by atomic mass is 19.1. The van der Waals surface area contributed by atoms with Crippen molar-refractivity contribution in [1.82, 2.24) is 4.98 Å². The van der Waals surface area contributed by atoms with Crippen molar-refractivity contribution in [2.45, 2.75) is 6.92 Å². The summed E-state index contributed by atoms with van der Waals surface area (Å²) in [6, 6.07) is 8.91. The number of aryl methyl sites for hydroxylation is 1. The highest BCUT2D eigenvalue weighted by molar-refractivity contribution is 5.60. The number of halogens is 2. The van der Waals surface area contributed by atoms with Crippen LogP contribution >= 0.6 is 0 Å². The number of nitrogens with zero attached hydrogens (tertiary/aromatic N) is 1. The fourth-order valence-electron chi connectivity index (χ4n) is 1.36. The predicted molar refractivity (Wildman–Crippen MR) is 53.2 cm³/mol. The Balaban J connectivity index is 2.54. The number of aromatic nitrogens is 1. The van der Waals surface area contributed by atoms with Gasteiger partial charge in [0.05, 0.1) is 6.20 Å². The molecule has 0 unspecified atom stereocenters. The fourth-order valence-corrected chi connectivity index (χ4v) is 1.36. The van der Waals surface area contributed by atoms with Crippen molar-refractivity contribution in [3.05, 3.63) is 53.7 Å². The third-order valence-electron chi connectivity index (χ3n) is 2.03. The average Bonchev–Trinajstić information content (AvgIpc) is 2.17. The molecule has 0 spiro atoms. The number of pyridine rings is 1. The summed E-state index contributed by atoms with van der Waals surface area (Å²) in [6.45, 7) is 1.85. The van der Waals surface area contributed by atoms with Crippen LogP contribution in [0.1, 0.15) is 5.56 Å². The Bertz CT molecular complexity index is 495. The van der Waals surface area contributed by atoms with Gasteiger partial charge in [0.25, 0.3) is 0 Å². The van der Waals surface area contributed by atoms with Gasteiger partial charge in [-0.3, -0.25) is 4.98 Å². The van der Waals surface area contributed by atoms with Crippen molar-refractivity contribution in [2.75, 3.05) is 0 Å². The topological polar surface area (TPSA) is 12.9 Å². The molecule has 1 heterocycles. The van der Waals surface area contributed by atoms with Crippen LogP contribution < -0.4 is 0 Å². The van der Waals surface area contributed by atoms with Crippen molar-refractivity contribution in [2.24, 2.45) is 0 Å². The van der Waals surface area contributed by atoms with E-state index in [1.54, 1.807) is 18.2 Å². The standard InChI is InChI=1S/C12H8F2N/c1-8-3-2-4-9(5-8)12-11(14)6-10(13)7-15-12/h2,4-7H,1H3. The second-order valence-corrected chi connectivity index (χ2v) is 3.24. The molecule has 0 aliphatic carbocycles. The number of hydrogen-bond acceptors (Lipinski definition) is 1. The highest BCUT2D eigenvalue weighted by Gasteiger charge is 2.07. The van der Waals surface area contributed by atoms with E-state index in [2.05, 4.69) is 11.1 Å². The molecule has 0 aliphatic rings. The van der Waals surface area contributed by atoms with Crippen LogP contribution in [0.2, 0.25) is 0 Å². The predicted octanol–water partition coefficient (Wildman–Crippen LogP) is 3.14. The first-order chi connectivity index (χ1) is 7.16. The Morgan fingerprint density at radius 2 is 2.07 bits per heavy atom. The third-order valence-corrected chi connectivity index (χ3v) is 2.03. The van der Waals surface area contributed by atoms with Crippen molar-refractivity contribution < 1.29 is 8.78 Å². The summed E-state index contributed by atoms with van der Waals surface area (Å²) >= 11 is 0. The van der Waals surface area contributed by atoms with Gasteiger partial charge < -0.3 is 0 Å². The number of benzene rings is 1. The zero-order valence-electron chi connectivity index (χ0n) is 8.09. The molecular formula is C12H8F2N. The van der Waals surface area contributed by atoms with Gasteiger partial charge in [-0.25, -0.2) is 8.78 Å². The maximum atomic E-state index is 13.4. The molecule has 0 saturated carbocycles. The van der Waals surface area contributed by atoms with Gasteiger partial charge in [-0.2, -0.15) is 0 Å². The molecule has 0 atom stereocenters. The van der Waals surface area contributed by atoms with Crippen LogP contribution in [0.3, 0.4) is 0 Å². The molecule has 0 saturated heterocycles. The maximum Gasteiger partial charge on any atom is 0.152 e. The first kappa shape index (κ1) is 9.77. The van der Waals surface area contributed by atoms with Gasteiger partial charge in [0.15, 0.2) is 5.82 Å². The normalized spacial score (nSPS) is 10.3. The van der Waals surface area contributed by atoms with E-state index >= 15 is 0 Å². The maximum absolute atomic E-state index is 13.4. The van der Waals surface area contributed by atoms with Crippen LogP contribution in [0.25, 0.3) is 11.3 Å². The van der Waals surface area contributed by atoms with Crippen LogP contribution in [0.15, 0.2) is 30.5 Å². The zero-order chi connectivity index (χ0) is 10.8. The van der Waals surface area contributed by atoms with Gasteiger partial charge in [0.1, 0.15) is 11.5 Å². The fraction of sp³-hybridized carbons (Fsp3) is 0.0833. The van der Waals surface area contributed by atoms with E-state index in [-0.39, 0.29) is 5.69 Å². The molecule has 0 N–H and O–H groups in total. The smallest absolute Gasteiger partial charge is 0.152 e. The minimum absolute atomic E-state index is 0.161. The quantitative estimate of drug-likeness (QED) is 0.695. The van der Waals surface area contributed by atoms with Crippen molar-refractivity contribution in [1.29, 1.82) is 0 Å². The summed E-state index contributed by atoms with van der Waals surface area (Å²) in [5.74, 6) is -1.32. The first-order valence-corrected chi connectivity index (χ1v) is 4.46. The molecule has 3 heteroatoms. The SMILES string of the molecule is Cc1[c]ccc(-c2ncc(F)cc2F)c1. The summed E-state index contributed by atoms with van der Waals surface area (Å²) < 4.78 is 26.0. The largest absolute Gasteiger partial charge is 0.250 e. The van der Waals surface area contributed by atoms with E-state index in [0.717, 1.165) is 17.8 Å². The minimum Gasteiger partial charge on any atom is -0.250 e. The van der Waals surface area contributed by atoms with Crippen molar-refractivity contribution in [3.8, 4) is 11.3 Å². The number of rotatable bonds is 1. The molecule has 0 aliphatic heterocycles. The lowest BCUT2D eigenvalue weighted by Crippen LogP contribution is -1.91. The van der Waals surface area contributed by atoms with E-state index in [4.69, 9.17) is 0 Å². The molecule has 15 heavy (non-hydrogen) atoms. The van der Waals surface area contributed by atoms with Gasteiger partial charge in [0.2, 0.25) is 0 Å². The molecule has 1 nitrogen and oxygen atoms in total. The summed E-state index contributed by atoms with van der Waals surface area (Å²) in [5.41, 5.74) is 1.68. The van der Waals surface area contributed by atoms with Gasteiger partial charge >= 0.3 is 0 Å². The van der Waals surface area contributed by atoms with Crippen LogP contribution in [0.5, 0.6) is 0 Å². The lowest BCUT2D eigenvalue weighted by atomic mass is 10.1. The molecular weight excluding hydrogens is 196 g/mol. The van der Waals surface area contributed by atoms with E-state index < -0.39 is 11.6 Å². The first-order valence-electron chi connectivity index (χ1n) is 4.46. The van der Waals surface area contributed by atoms with Crippen LogP contribution in [-0.2, 0) is 0 Å². The molecule has 1 radical (unpaired) electrons. The van der Waals surface area contributed by atoms with Gasteiger partial charge in [0, 0.05) is 11.6 Å². The zero-order valence-corrected chi connectivity index (χ0v) is 8.09. The third kappa shape index (κ3) is 2.01. The van der Waals surface area contributed by atoms with Crippen LogP contribution in [0.4, 0.5) is 8.78 Å². The van der Waals surface area contributed by atoms with Crippen molar-refractivity contribution in [3.63, 3.8) is 0 Å². The molecule has 0 fully saturated rings. The van der Waals surface area contributed by atoms with E-state index in [0.29, 0.717) is 5.56 Å². The molecule has 1 aromatic heterocycles. The Labute approximate surface area is 86.4 Å². The van der Waals surface area contributed by atoms with Crippen LogP contribution in [0, 0.1) is 24.6 Å². The summed E-state index contributed by atoms with van der Waals surface area (Å²) in [5, 5.41) is 0.